The van der Waals surface area contributed by atoms with Crippen molar-refractivity contribution in [3.63, 3.8) is 0 Å². The first-order chi connectivity index (χ1) is 9.76. The van der Waals surface area contributed by atoms with E-state index >= 15 is 0 Å². The summed E-state index contributed by atoms with van der Waals surface area (Å²) in [5, 5.41) is 9.40. The minimum atomic E-state index is 0.750. The monoisotopic (exact) mass is 391 g/mol. The highest BCUT2D eigenvalue weighted by Gasteiger charge is 2.13. The minimum Gasteiger partial charge on any atom is -0.192 e. The summed E-state index contributed by atoms with van der Waals surface area (Å²) in [6.45, 7) is 0. The molecule has 100 valence electrons. The predicted octanol–water partition coefficient (Wildman–Crippen LogP) is 5.30. The molecule has 1 aromatic carbocycles. The van der Waals surface area contributed by atoms with Gasteiger partial charge in [0.1, 0.15) is 0 Å². The number of thiophene rings is 1. The van der Waals surface area contributed by atoms with Crippen molar-refractivity contribution in [3.05, 3.63) is 54.8 Å². The molecule has 0 spiro atoms. The molecule has 1 heterocycles. The molecule has 0 atom stereocenters. The quantitative estimate of drug-likeness (QED) is 0.504. The van der Waals surface area contributed by atoms with Gasteiger partial charge in [0.05, 0.1) is 11.6 Å². The fourth-order valence-corrected chi connectivity index (χ4v) is 4.10. The highest BCUT2D eigenvalue weighted by atomic mass is 127. The summed E-state index contributed by atoms with van der Waals surface area (Å²) in [5.74, 6) is 0. The first kappa shape index (κ1) is 13.8. The van der Waals surface area contributed by atoms with Crippen molar-refractivity contribution in [2.45, 2.75) is 25.7 Å². The molecule has 0 N–H and O–H groups in total. The van der Waals surface area contributed by atoms with E-state index in [1.165, 1.54) is 44.6 Å². The summed E-state index contributed by atoms with van der Waals surface area (Å²) >= 11 is 4.13. The van der Waals surface area contributed by atoms with Crippen molar-refractivity contribution in [2.24, 2.45) is 0 Å². The average molecular weight is 391 g/mol. The molecular formula is C17H14INS. The van der Waals surface area contributed by atoms with E-state index < -0.39 is 0 Å². The first-order valence-electron chi connectivity index (χ1n) is 6.75. The van der Waals surface area contributed by atoms with Gasteiger partial charge in [-0.25, -0.2) is 0 Å². The second-order valence-corrected chi connectivity index (χ2v) is 7.39. The Hall–Kier alpha value is -1.12. The molecule has 1 aliphatic carbocycles. The SMILES string of the molecule is N#C/C(=C\c1cc2c(s1)CCCC2)c1ccc(I)cc1. The molecule has 0 amide bonds. The van der Waals surface area contributed by atoms with Crippen LogP contribution in [0.3, 0.4) is 0 Å². The number of allylic oxidation sites excluding steroid dienone is 1. The van der Waals surface area contributed by atoms with Crippen LogP contribution >= 0.6 is 33.9 Å². The lowest BCUT2D eigenvalue weighted by Gasteiger charge is -2.08. The molecule has 1 aromatic heterocycles. The highest BCUT2D eigenvalue weighted by molar-refractivity contribution is 14.1. The van der Waals surface area contributed by atoms with E-state index in [1.807, 2.05) is 41.7 Å². The molecule has 2 aromatic rings. The topological polar surface area (TPSA) is 23.8 Å². The van der Waals surface area contributed by atoms with Gasteiger partial charge in [-0.05, 0) is 83.7 Å². The van der Waals surface area contributed by atoms with E-state index in [-0.39, 0.29) is 0 Å². The van der Waals surface area contributed by atoms with Gasteiger partial charge in [0.15, 0.2) is 0 Å². The third-order valence-corrected chi connectivity index (χ3v) is 5.48. The maximum Gasteiger partial charge on any atom is 0.0998 e. The average Bonchev–Trinajstić information content (AvgIpc) is 2.88. The van der Waals surface area contributed by atoms with Crippen LogP contribution in [-0.4, -0.2) is 0 Å². The van der Waals surface area contributed by atoms with Crippen LogP contribution in [0.5, 0.6) is 0 Å². The molecule has 0 fully saturated rings. The van der Waals surface area contributed by atoms with Gasteiger partial charge in [-0.15, -0.1) is 11.3 Å². The third kappa shape index (κ3) is 2.97. The van der Waals surface area contributed by atoms with Gasteiger partial charge < -0.3 is 0 Å². The van der Waals surface area contributed by atoms with E-state index in [0.29, 0.717) is 0 Å². The van der Waals surface area contributed by atoms with E-state index in [4.69, 9.17) is 0 Å². The van der Waals surface area contributed by atoms with Gasteiger partial charge in [0.25, 0.3) is 0 Å². The van der Waals surface area contributed by atoms with Crippen LogP contribution in [0.25, 0.3) is 11.6 Å². The Balaban J connectivity index is 1.94. The number of hydrogen-bond donors (Lipinski definition) is 0. The molecule has 0 saturated heterocycles. The number of nitriles is 1. The number of halogens is 1. The number of benzene rings is 1. The maximum absolute atomic E-state index is 9.40. The molecule has 1 aliphatic rings. The lowest BCUT2D eigenvalue weighted by atomic mass is 9.99. The zero-order valence-electron chi connectivity index (χ0n) is 11.0. The van der Waals surface area contributed by atoms with Crippen molar-refractivity contribution in [2.75, 3.05) is 0 Å². The fourth-order valence-electron chi connectivity index (χ4n) is 2.54. The normalized spacial score (nSPS) is 14.7. The minimum absolute atomic E-state index is 0.750. The number of hydrogen-bond acceptors (Lipinski definition) is 2. The van der Waals surface area contributed by atoms with Gasteiger partial charge in [-0.3, -0.25) is 0 Å². The summed E-state index contributed by atoms with van der Waals surface area (Å²) < 4.78 is 1.19. The number of aryl methyl sites for hydroxylation is 2. The summed E-state index contributed by atoms with van der Waals surface area (Å²) in [4.78, 5) is 2.73. The number of fused-ring (bicyclic) bond motifs is 1. The molecule has 3 heteroatoms. The van der Waals surface area contributed by atoms with Crippen LogP contribution < -0.4 is 0 Å². The Morgan fingerprint density at radius 3 is 2.65 bits per heavy atom. The lowest BCUT2D eigenvalue weighted by Crippen LogP contribution is -1.96. The lowest BCUT2D eigenvalue weighted by molar-refractivity contribution is 0.697. The van der Waals surface area contributed by atoms with E-state index in [1.54, 1.807) is 0 Å². The Kier molecular flexibility index (Phi) is 4.23. The highest BCUT2D eigenvalue weighted by Crippen LogP contribution is 2.32. The summed E-state index contributed by atoms with van der Waals surface area (Å²) in [7, 11) is 0. The second kappa shape index (κ2) is 6.11. The Bertz CT molecular complexity index is 665. The largest absolute Gasteiger partial charge is 0.192 e. The van der Waals surface area contributed by atoms with Gasteiger partial charge in [-0.1, -0.05) is 12.1 Å². The fraction of sp³-hybridized carbons (Fsp3) is 0.235. The molecule has 0 unspecified atom stereocenters. The van der Waals surface area contributed by atoms with Crippen molar-refractivity contribution in [1.82, 2.24) is 0 Å². The van der Waals surface area contributed by atoms with E-state index in [0.717, 1.165) is 11.1 Å². The molecule has 0 radical (unpaired) electrons. The van der Waals surface area contributed by atoms with Crippen molar-refractivity contribution in [1.29, 1.82) is 5.26 Å². The molecule has 1 nitrogen and oxygen atoms in total. The van der Waals surface area contributed by atoms with Gasteiger partial charge in [-0.2, -0.15) is 5.26 Å². The molecule has 3 rings (SSSR count). The molecule has 0 saturated carbocycles. The van der Waals surface area contributed by atoms with Gasteiger partial charge >= 0.3 is 0 Å². The van der Waals surface area contributed by atoms with Crippen molar-refractivity contribution in [3.8, 4) is 6.07 Å². The van der Waals surface area contributed by atoms with Crippen LogP contribution in [0.2, 0.25) is 0 Å². The summed E-state index contributed by atoms with van der Waals surface area (Å²) in [6.07, 6.45) is 7.05. The van der Waals surface area contributed by atoms with Crippen LogP contribution in [0.15, 0.2) is 30.3 Å². The molecule has 20 heavy (non-hydrogen) atoms. The Morgan fingerprint density at radius 2 is 1.95 bits per heavy atom. The standard InChI is InChI=1S/C17H14INS/c18-15-7-5-12(6-8-15)14(11-19)10-16-9-13-3-1-2-4-17(13)20-16/h5-10H,1-4H2/b14-10+. The van der Waals surface area contributed by atoms with Crippen LogP contribution in [0.1, 0.15) is 33.7 Å². The first-order valence-corrected chi connectivity index (χ1v) is 8.65. The third-order valence-electron chi connectivity index (χ3n) is 3.58. The Morgan fingerprint density at radius 1 is 1.20 bits per heavy atom. The predicted molar refractivity (Wildman–Crippen MR) is 93.6 cm³/mol. The van der Waals surface area contributed by atoms with Gasteiger partial charge in [0, 0.05) is 13.3 Å². The number of nitrogens with zero attached hydrogens (tertiary/aromatic N) is 1. The van der Waals surface area contributed by atoms with Crippen LogP contribution in [-0.2, 0) is 12.8 Å². The van der Waals surface area contributed by atoms with Crippen LogP contribution in [0.4, 0.5) is 0 Å². The number of rotatable bonds is 2. The Labute approximate surface area is 137 Å². The van der Waals surface area contributed by atoms with E-state index in [9.17, 15) is 5.26 Å². The summed E-state index contributed by atoms with van der Waals surface area (Å²) in [5.41, 5.74) is 3.24. The smallest absolute Gasteiger partial charge is 0.0998 e. The second-order valence-electron chi connectivity index (χ2n) is 4.98. The molecule has 0 bridgehead atoms. The summed E-state index contributed by atoms with van der Waals surface area (Å²) in [6, 6.07) is 12.7. The van der Waals surface area contributed by atoms with Crippen LogP contribution in [0, 0.1) is 14.9 Å². The molecular weight excluding hydrogens is 377 g/mol. The van der Waals surface area contributed by atoms with E-state index in [2.05, 4.69) is 34.7 Å². The maximum atomic E-state index is 9.40. The van der Waals surface area contributed by atoms with Gasteiger partial charge in [0.2, 0.25) is 0 Å². The van der Waals surface area contributed by atoms with Crippen molar-refractivity contribution >= 4 is 45.6 Å². The molecule has 0 aliphatic heterocycles. The zero-order chi connectivity index (χ0) is 13.9. The van der Waals surface area contributed by atoms with Crippen molar-refractivity contribution < 1.29 is 0 Å². The zero-order valence-corrected chi connectivity index (χ0v) is 14.0.